The van der Waals surface area contributed by atoms with Gasteiger partial charge in [-0.3, -0.25) is 4.90 Å². The Morgan fingerprint density at radius 3 is 2.35 bits per heavy atom. The molecule has 17 heavy (non-hydrogen) atoms. The van der Waals surface area contributed by atoms with E-state index in [0.29, 0.717) is 0 Å². The summed E-state index contributed by atoms with van der Waals surface area (Å²) < 4.78 is 0. The molecule has 1 saturated carbocycles. The molecule has 4 atom stereocenters. The Morgan fingerprint density at radius 1 is 1.12 bits per heavy atom. The zero-order valence-corrected chi connectivity index (χ0v) is 11.9. The van der Waals surface area contributed by atoms with Crippen LogP contribution < -0.4 is 5.32 Å². The summed E-state index contributed by atoms with van der Waals surface area (Å²) in [6, 6.07) is 0.893. The number of nitrogens with zero attached hydrogens (tertiary/aromatic N) is 1. The molecule has 1 N–H and O–H groups in total. The molecule has 1 aliphatic carbocycles. The summed E-state index contributed by atoms with van der Waals surface area (Å²) in [7, 11) is 0. The minimum Gasteiger partial charge on any atom is -0.316 e. The third-order valence-electron chi connectivity index (χ3n) is 4.58. The molecule has 0 aromatic heterocycles. The van der Waals surface area contributed by atoms with Crippen LogP contribution in [-0.4, -0.2) is 37.1 Å². The van der Waals surface area contributed by atoms with Gasteiger partial charge < -0.3 is 5.32 Å². The normalized spacial score (nSPS) is 39.0. The number of hydrogen-bond donors (Lipinski definition) is 1. The van der Waals surface area contributed by atoms with E-state index in [9.17, 15) is 0 Å². The van der Waals surface area contributed by atoms with E-state index in [2.05, 4.69) is 31.0 Å². The maximum absolute atomic E-state index is 3.60. The lowest BCUT2D eigenvalue weighted by Gasteiger charge is -2.48. The Morgan fingerprint density at radius 2 is 1.82 bits per heavy atom. The van der Waals surface area contributed by atoms with Crippen LogP contribution in [0.25, 0.3) is 0 Å². The second kappa shape index (κ2) is 6.19. The van der Waals surface area contributed by atoms with Gasteiger partial charge >= 0.3 is 0 Å². The standard InChI is InChI=1S/C15H30N2/c1-4-7-16-9-14-5-6-15(14)17-10-12(2)8-13(3)11-17/h12-16H,4-11H2,1-3H3. The smallest absolute Gasteiger partial charge is 0.0136 e. The third-order valence-corrected chi connectivity index (χ3v) is 4.58. The lowest BCUT2D eigenvalue weighted by Crippen LogP contribution is -2.54. The molecule has 0 amide bonds. The van der Waals surface area contributed by atoms with Crippen LogP contribution in [0.3, 0.4) is 0 Å². The maximum atomic E-state index is 3.60. The molecule has 100 valence electrons. The van der Waals surface area contributed by atoms with E-state index in [4.69, 9.17) is 0 Å². The maximum Gasteiger partial charge on any atom is 0.0136 e. The van der Waals surface area contributed by atoms with Crippen LogP contribution in [0.2, 0.25) is 0 Å². The highest BCUT2D eigenvalue weighted by Crippen LogP contribution is 2.35. The van der Waals surface area contributed by atoms with Crippen molar-refractivity contribution < 1.29 is 0 Å². The number of piperidine rings is 1. The summed E-state index contributed by atoms with van der Waals surface area (Å²) in [6.45, 7) is 12.2. The predicted molar refractivity (Wildman–Crippen MR) is 74.2 cm³/mol. The van der Waals surface area contributed by atoms with Crippen molar-refractivity contribution in [1.82, 2.24) is 10.2 Å². The van der Waals surface area contributed by atoms with E-state index in [1.54, 1.807) is 0 Å². The Labute approximate surface area is 107 Å². The van der Waals surface area contributed by atoms with Gasteiger partial charge in [0.05, 0.1) is 0 Å². The molecule has 1 heterocycles. The minimum atomic E-state index is 0.893. The minimum absolute atomic E-state index is 0.893. The average molecular weight is 238 g/mol. The summed E-state index contributed by atoms with van der Waals surface area (Å²) in [5.41, 5.74) is 0. The number of nitrogens with one attached hydrogen (secondary N) is 1. The van der Waals surface area contributed by atoms with Crippen molar-refractivity contribution in [3.8, 4) is 0 Å². The van der Waals surface area contributed by atoms with E-state index in [-0.39, 0.29) is 0 Å². The Kier molecular flexibility index (Phi) is 4.87. The zero-order valence-electron chi connectivity index (χ0n) is 11.9. The lowest BCUT2D eigenvalue weighted by atomic mass is 9.76. The van der Waals surface area contributed by atoms with Crippen LogP contribution in [0.4, 0.5) is 0 Å². The first-order valence-corrected chi connectivity index (χ1v) is 7.65. The molecular weight excluding hydrogens is 208 g/mol. The van der Waals surface area contributed by atoms with Gasteiger partial charge in [0.2, 0.25) is 0 Å². The fraction of sp³-hybridized carbons (Fsp3) is 1.00. The van der Waals surface area contributed by atoms with Crippen molar-refractivity contribution in [1.29, 1.82) is 0 Å². The topological polar surface area (TPSA) is 15.3 Å². The summed E-state index contributed by atoms with van der Waals surface area (Å²) in [5.74, 6) is 2.74. The molecule has 2 heteroatoms. The van der Waals surface area contributed by atoms with Gasteiger partial charge in [0.15, 0.2) is 0 Å². The first-order valence-electron chi connectivity index (χ1n) is 7.65. The average Bonchev–Trinajstić information content (AvgIpc) is 2.21. The zero-order chi connectivity index (χ0) is 12.3. The van der Waals surface area contributed by atoms with Crippen molar-refractivity contribution >= 4 is 0 Å². The van der Waals surface area contributed by atoms with E-state index < -0.39 is 0 Å². The summed E-state index contributed by atoms with van der Waals surface area (Å²) >= 11 is 0. The van der Waals surface area contributed by atoms with Crippen molar-refractivity contribution in [2.24, 2.45) is 17.8 Å². The molecular formula is C15H30N2. The quantitative estimate of drug-likeness (QED) is 0.741. The van der Waals surface area contributed by atoms with Crippen LogP contribution in [0.1, 0.15) is 46.5 Å². The summed E-state index contributed by atoms with van der Waals surface area (Å²) in [6.07, 6.45) is 5.58. The number of hydrogen-bond acceptors (Lipinski definition) is 2. The Hall–Kier alpha value is -0.0800. The Balaban J connectivity index is 1.77. The largest absolute Gasteiger partial charge is 0.316 e. The van der Waals surface area contributed by atoms with Gasteiger partial charge in [-0.2, -0.15) is 0 Å². The molecule has 4 unspecified atom stereocenters. The molecule has 0 spiro atoms. The van der Waals surface area contributed by atoms with Gasteiger partial charge in [0, 0.05) is 19.1 Å². The van der Waals surface area contributed by atoms with E-state index in [1.165, 1.54) is 51.9 Å². The molecule has 1 saturated heterocycles. The molecule has 0 radical (unpaired) electrons. The first kappa shape index (κ1) is 13.4. The van der Waals surface area contributed by atoms with Crippen LogP contribution in [0, 0.1) is 17.8 Å². The lowest BCUT2D eigenvalue weighted by molar-refractivity contribution is 0.0143. The second-order valence-corrected chi connectivity index (χ2v) is 6.51. The van der Waals surface area contributed by atoms with Crippen molar-refractivity contribution in [3.63, 3.8) is 0 Å². The fourth-order valence-electron chi connectivity index (χ4n) is 3.72. The second-order valence-electron chi connectivity index (χ2n) is 6.51. The molecule has 2 aliphatic rings. The van der Waals surface area contributed by atoms with Crippen LogP contribution in [0.5, 0.6) is 0 Å². The fourth-order valence-corrected chi connectivity index (χ4v) is 3.72. The van der Waals surface area contributed by atoms with Gasteiger partial charge in [0.25, 0.3) is 0 Å². The highest BCUT2D eigenvalue weighted by molar-refractivity contribution is 4.92. The third kappa shape index (κ3) is 3.45. The molecule has 0 bridgehead atoms. The van der Waals surface area contributed by atoms with Crippen LogP contribution in [-0.2, 0) is 0 Å². The van der Waals surface area contributed by atoms with Crippen molar-refractivity contribution in [2.45, 2.75) is 52.5 Å². The van der Waals surface area contributed by atoms with Crippen molar-refractivity contribution in [3.05, 3.63) is 0 Å². The molecule has 0 aromatic rings. The summed E-state index contributed by atoms with van der Waals surface area (Å²) in [5, 5.41) is 3.60. The molecule has 2 fully saturated rings. The number of rotatable bonds is 5. The SMILES string of the molecule is CCCNCC1CCC1N1CC(C)CC(C)C1. The molecule has 2 rings (SSSR count). The van der Waals surface area contributed by atoms with Gasteiger partial charge in [-0.05, 0) is 56.5 Å². The summed E-state index contributed by atoms with van der Waals surface area (Å²) in [4.78, 5) is 2.79. The van der Waals surface area contributed by atoms with Gasteiger partial charge in [-0.1, -0.05) is 20.8 Å². The highest BCUT2D eigenvalue weighted by atomic mass is 15.2. The molecule has 0 aromatic carbocycles. The predicted octanol–water partition coefficient (Wildman–Crippen LogP) is 2.74. The van der Waals surface area contributed by atoms with Gasteiger partial charge in [-0.15, -0.1) is 0 Å². The van der Waals surface area contributed by atoms with E-state index in [0.717, 1.165) is 23.8 Å². The van der Waals surface area contributed by atoms with Gasteiger partial charge in [-0.25, -0.2) is 0 Å². The first-order chi connectivity index (χ1) is 8.20. The molecule has 2 nitrogen and oxygen atoms in total. The van der Waals surface area contributed by atoms with Crippen LogP contribution >= 0.6 is 0 Å². The van der Waals surface area contributed by atoms with Crippen molar-refractivity contribution in [2.75, 3.05) is 26.2 Å². The monoisotopic (exact) mass is 238 g/mol. The highest BCUT2D eigenvalue weighted by Gasteiger charge is 2.37. The number of likely N-dealkylation sites (tertiary alicyclic amines) is 1. The van der Waals surface area contributed by atoms with E-state index in [1.807, 2.05) is 0 Å². The van der Waals surface area contributed by atoms with Gasteiger partial charge in [0.1, 0.15) is 0 Å². The Bertz CT molecular complexity index is 219. The van der Waals surface area contributed by atoms with Crippen LogP contribution in [0.15, 0.2) is 0 Å². The van der Waals surface area contributed by atoms with E-state index >= 15 is 0 Å². The molecule has 1 aliphatic heterocycles.